The number of anilines is 1. The van der Waals surface area contributed by atoms with Crippen molar-refractivity contribution in [2.75, 3.05) is 18.9 Å². The van der Waals surface area contributed by atoms with E-state index in [0.29, 0.717) is 22.3 Å². The van der Waals surface area contributed by atoms with Gasteiger partial charge in [-0.2, -0.15) is 11.3 Å². The van der Waals surface area contributed by atoms with Crippen molar-refractivity contribution in [2.24, 2.45) is 0 Å². The molecule has 0 spiro atoms. The molecule has 2 rings (SSSR count). The number of carbonyl (C=O) groups excluding carboxylic acids is 1. The van der Waals surface area contributed by atoms with E-state index in [9.17, 15) is 4.79 Å². The molecule has 0 bridgehead atoms. The van der Waals surface area contributed by atoms with E-state index in [2.05, 4.69) is 16.8 Å². The summed E-state index contributed by atoms with van der Waals surface area (Å²) in [7, 11) is 1.99. The summed E-state index contributed by atoms with van der Waals surface area (Å²) in [5, 5.41) is 7.95. The van der Waals surface area contributed by atoms with Crippen LogP contribution in [0.2, 0.25) is 10.0 Å². The first-order valence-corrected chi connectivity index (χ1v) is 7.81. The van der Waals surface area contributed by atoms with Crippen LogP contribution in [0.15, 0.2) is 35.0 Å². The van der Waals surface area contributed by atoms with Gasteiger partial charge in [0, 0.05) is 21.3 Å². The summed E-state index contributed by atoms with van der Waals surface area (Å²) in [6, 6.07) is 7.06. The molecule has 2 aromatic rings. The van der Waals surface area contributed by atoms with Crippen molar-refractivity contribution in [1.29, 1.82) is 0 Å². The smallest absolute Gasteiger partial charge is 0.279 e. The minimum atomic E-state index is -0.0592. The van der Waals surface area contributed by atoms with Crippen LogP contribution < -0.4 is 10.2 Å². The van der Waals surface area contributed by atoms with Gasteiger partial charge in [0.05, 0.1) is 7.05 Å². The van der Waals surface area contributed by atoms with Gasteiger partial charge in [-0.25, -0.2) is 0 Å². The summed E-state index contributed by atoms with van der Waals surface area (Å²) in [6.07, 6.45) is 0. The fourth-order valence-electron chi connectivity index (χ4n) is 1.91. The third-order valence-corrected chi connectivity index (χ3v) is 3.86. The van der Waals surface area contributed by atoms with E-state index < -0.39 is 0 Å². The summed E-state index contributed by atoms with van der Waals surface area (Å²) >= 11 is 13.5. The molecule has 20 heavy (non-hydrogen) atoms. The number of carbonyl (C=O) groups is 1. The molecule has 1 aromatic carbocycles. The van der Waals surface area contributed by atoms with E-state index in [1.54, 1.807) is 29.5 Å². The molecule has 0 saturated carbocycles. The monoisotopic (exact) mass is 329 g/mol. The molecular formula is C14H15Cl2N2OS+. The van der Waals surface area contributed by atoms with Gasteiger partial charge in [0.25, 0.3) is 5.91 Å². The van der Waals surface area contributed by atoms with Crippen molar-refractivity contribution in [3.05, 3.63) is 50.6 Å². The third-order valence-electron chi connectivity index (χ3n) is 2.69. The van der Waals surface area contributed by atoms with Gasteiger partial charge in [-0.3, -0.25) is 4.79 Å². The number of hydrogen-bond donors (Lipinski definition) is 2. The molecule has 106 valence electrons. The summed E-state index contributed by atoms with van der Waals surface area (Å²) in [5.41, 5.74) is 1.86. The van der Waals surface area contributed by atoms with Crippen LogP contribution >= 0.6 is 34.5 Å². The number of halogens is 2. The molecule has 0 radical (unpaired) electrons. The Morgan fingerprint density at radius 1 is 1.30 bits per heavy atom. The molecule has 0 aliphatic heterocycles. The first-order chi connectivity index (χ1) is 9.52. The fraction of sp³-hybridized carbons (Fsp3) is 0.214. The number of hydrogen-bond acceptors (Lipinski definition) is 2. The lowest BCUT2D eigenvalue weighted by atomic mass is 10.3. The van der Waals surface area contributed by atoms with Gasteiger partial charge in [0.2, 0.25) is 0 Å². The van der Waals surface area contributed by atoms with Crippen LogP contribution in [0, 0.1) is 0 Å². The molecule has 2 N–H and O–H groups in total. The predicted octanol–water partition coefficient (Wildman–Crippen LogP) is 2.71. The summed E-state index contributed by atoms with van der Waals surface area (Å²) in [5.74, 6) is -0.0592. The van der Waals surface area contributed by atoms with Crippen LogP contribution in [0.25, 0.3) is 0 Å². The van der Waals surface area contributed by atoms with Crippen molar-refractivity contribution in [3.8, 4) is 0 Å². The highest BCUT2D eigenvalue weighted by atomic mass is 35.5. The Bertz CT molecular complexity index is 567. The molecule has 3 nitrogen and oxygen atoms in total. The van der Waals surface area contributed by atoms with Crippen molar-refractivity contribution in [2.45, 2.75) is 6.54 Å². The number of rotatable bonds is 5. The summed E-state index contributed by atoms with van der Waals surface area (Å²) in [6.45, 7) is 1.22. The molecule has 1 amide bonds. The number of quaternary nitrogens is 1. The Morgan fingerprint density at radius 3 is 2.60 bits per heavy atom. The molecule has 0 aliphatic carbocycles. The zero-order chi connectivity index (χ0) is 14.5. The molecule has 1 atom stereocenters. The second-order valence-electron chi connectivity index (χ2n) is 4.65. The maximum atomic E-state index is 12.0. The van der Waals surface area contributed by atoms with E-state index >= 15 is 0 Å². The highest BCUT2D eigenvalue weighted by Gasteiger charge is 2.11. The molecule has 0 saturated heterocycles. The molecule has 6 heteroatoms. The average Bonchev–Trinajstić information content (AvgIpc) is 2.79. The lowest BCUT2D eigenvalue weighted by Crippen LogP contribution is -3.08. The second-order valence-corrected chi connectivity index (χ2v) is 6.30. The molecular weight excluding hydrogens is 315 g/mol. The molecule has 1 unspecified atom stereocenters. The fourth-order valence-corrected chi connectivity index (χ4v) is 3.10. The minimum Gasteiger partial charge on any atom is -0.326 e. The van der Waals surface area contributed by atoms with Crippen LogP contribution in [0.1, 0.15) is 5.56 Å². The van der Waals surface area contributed by atoms with Crippen LogP contribution in [0.5, 0.6) is 0 Å². The van der Waals surface area contributed by atoms with Crippen LogP contribution in [0.3, 0.4) is 0 Å². The number of thiophene rings is 1. The van der Waals surface area contributed by atoms with E-state index in [0.717, 1.165) is 11.4 Å². The lowest BCUT2D eigenvalue weighted by Gasteiger charge is -2.13. The standard InChI is InChI=1S/C14H14Cl2N2OS/c1-18(7-10-2-3-20-9-10)8-14(19)17-13-5-11(15)4-12(16)6-13/h2-6,9H,7-8H2,1H3,(H,17,19)/p+1. The van der Waals surface area contributed by atoms with Gasteiger partial charge < -0.3 is 10.2 Å². The average molecular weight is 330 g/mol. The topological polar surface area (TPSA) is 33.5 Å². The second kappa shape index (κ2) is 7.09. The Kier molecular flexibility index (Phi) is 5.43. The number of benzene rings is 1. The highest BCUT2D eigenvalue weighted by Crippen LogP contribution is 2.22. The van der Waals surface area contributed by atoms with Crippen molar-refractivity contribution >= 4 is 46.1 Å². The van der Waals surface area contributed by atoms with E-state index in [-0.39, 0.29) is 5.91 Å². The Balaban J connectivity index is 1.88. The number of likely N-dealkylation sites (N-methyl/N-ethyl adjacent to an activating group) is 1. The van der Waals surface area contributed by atoms with Gasteiger partial charge in [-0.15, -0.1) is 0 Å². The quantitative estimate of drug-likeness (QED) is 0.868. The Hall–Kier alpha value is -1.07. The van der Waals surface area contributed by atoms with Gasteiger partial charge in [-0.1, -0.05) is 23.2 Å². The highest BCUT2D eigenvalue weighted by molar-refractivity contribution is 7.07. The summed E-state index contributed by atoms with van der Waals surface area (Å²) in [4.78, 5) is 13.1. The molecule has 1 aromatic heterocycles. The van der Waals surface area contributed by atoms with E-state index in [1.807, 2.05) is 12.4 Å². The minimum absolute atomic E-state index is 0.0592. The first kappa shape index (κ1) is 15.3. The molecule has 0 aliphatic rings. The maximum Gasteiger partial charge on any atom is 0.279 e. The Labute approximate surface area is 132 Å². The third kappa shape index (κ3) is 4.80. The number of amides is 1. The van der Waals surface area contributed by atoms with Gasteiger partial charge in [-0.05, 0) is 35.0 Å². The SMILES string of the molecule is C[NH+](CC(=O)Nc1cc(Cl)cc(Cl)c1)Cc1ccsc1. The van der Waals surface area contributed by atoms with Gasteiger partial charge in [0.15, 0.2) is 6.54 Å². The Morgan fingerprint density at radius 2 is 2.00 bits per heavy atom. The van der Waals surface area contributed by atoms with Crippen molar-refractivity contribution in [3.63, 3.8) is 0 Å². The van der Waals surface area contributed by atoms with Crippen LogP contribution in [-0.2, 0) is 11.3 Å². The van der Waals surface area contributed by atoms with E-state index in [4.69, 9.17) is 23.2 Å². The first-order valence-electron chi connectivity index (χ1n) is 6.11. The molecule has 1 heterocycles. The van der Waals surface area contributed by atoms with Crippen molar-refractivity contribution < 1.29 is 9.69 Å². The zero-order valence-corrected chi connectivity index (χ0v) is 13.3. The largest absolute Gasteiger partial charge is 0.326 e. The van der Waals surface area contributed by atoms with Crippen LogP contribution in [0.4, 0.5) is 5.69 Å². The van der Waals surface area contributed by atoms with Gasteiger partial charge in [0.1, 0.15) is 6.54 Å². The van der Waals surface area contributed by atoms with Gasteiger partial charge >= 0.3 is 0 Å². The zero-order valence-electron chi connectivity index (χ0n) is 11.0. The molecule has 0 fully saturated rings. The lowest BCUT2D eigenvalue weighted by molar-refractivity contribution is -0.885. The van der Waals surface area contributed by atoms with E-state index in [1.165, 1.54) is 5.56 Å². The number of nitrogens with one attached hydrogen (secondary N) is 2. The van der Waals surface area contributed by atoms with Crippen molar-refractivity contribution in [1.82, 2.24) is 0 Å². The maximum absolute atomic E-state index is 12.0. The van der Waals surface area contributed by atoms with Crippen LogP contribution in [-0.4, -0.2) is 19.5 Å². The normalized spacial score (nSPS) is 12.2. The summed E-state index contributed by atoms with van der Waals surface area (Å²) < 4.78 is 0. The predicted molar refractivity (Wildman–Crippen MR) is 84.9 cm³/mol.